The van der Waals surface area contributed by atoms with Crippen molar-refractivity contribution in [2.75, 3.05) is 23.7 Å². The van der Waals surface area contributed by atoms with Gasteiger partial charge in [-0.2, -0.15) is 5.10 Å². The standard InChI is InChI=1S/C25H25N7O3S/c1-3-20(33)32-12-4-5-17(13-32)28-23-21-19(10-11-26-22(21)30-31-23)35-18-8-6-16(7-9-18)24(34)29-25-27-15(2)14-36-25/h3,6-11,14,17H,1,4-5,12-13H2,2H3,(H,27,29,34)(H2,26,28,30,31)/t17-/m1/s1. The second-order valence-corrected chi connectivity index (χ2v) is 9.31. The molecule has 1 aromatic carbocycles. The van der Waals surface area contributed by atoms with Gasteiger partial charge in [0.05, 0.1) is 5.69 Å². The fraction of sp³-hybridized carbons (Fsp3) is 0.240. The molecule has 5 rings (SSSR count). The predicted molar refractivity (Wildman–Crippen MR) is 139 cm³/mol. The number of likely N-dealkylation sites (tertiary alicyclic amines) is 1. The quantitative estimate of drug-likeness (QED) is 0.320. The highest BCUT2D eigenvalue weighted by atomic mass is 32.1. The number of rotatable bonds is 7. The molecule has 184 valence electrons. The number of amides is 2. The van der Waals surface area contributed by atoms with Gasteiger partial charge in [0.15, 0.2) is 16.6 Å². The summed E-state index contributed by atoms with van der Waals surface area (Å²) < 4.78 is 6.15. The first-order valence-electron chi connectivity index (χ1n) is 11.5. The van der Waals surface area contributed by atoms with E-state index < -0.39 is 0 Å². The van der Waals surface area contributed by atoms with Gasteiger partial charge in [-0.3, -0.25) is 20.0 Å². The van der Waals surface area contributed by atoms with Crippen LogP contribution < -0.4 is 15.4 Å². The van der Waals surface area contributed by atoms with E-state index in [0.717, 1.165) is 25.1 Å². The van der Waals surface area contributed by atoms with E-state index in [9.17, 15) is 9.59 Å². The Morgan fingerprint density at radius 1 is 1.28 bits per heavy atom. The van der Waals surface area contributed by atoms with Crippen LogP contribution in [0, 0.1) is 6.92 Å². The maximum atomic E-state index is 12.5. The number of anilines is 2. The summed E-state index contributed by atoms with van der Waals surface area (Å²) in [7, 11) is 0. The van der Waals surface area contributed by atoms with Gasteiger partial charge in [0.25, 0.3) is 5.91 Å². The fourth-order valence-corrected chi connectivity index (χ4v) is 4.79. The first-order valence-corrected chi connectivity index (χ1v) is 12.4. The van der Waals surface area contributed by atoms with Crippen LogP contribution in [0.1, 0.15) is 28.9 Å². The Hall–Kier alpha value is -4.25. The lowest BCUT2D eigenvalue weighted by Gasteiger charge is -2.32. The Morgan fingerprint density at radius 3 is 2.86 bits per heavy atom. The number of piperidine rings is 1. The second-order valence-electron chi connectivity index (χ2n) is 8.45. The number of benzene rings is 1. The second kappa shape index (κ2) is 10.2. The number of carbonyl (C=O) groups is 2. The molecule has 1 atom stereocenters. The van der Waals surface area contributed by atoms with Crippen molar-refractivity contribution in [2.45, 2.75) is 25.8 Å². The van der Waals surface area contributed by atoms with E-state index >= 15 is 0 Å². The zero-order valence-corrected chi connectivity index (χ0v) is 20.5. The molecule has 2 amide bonds. The molecule has 0 bridgehead atoms. The SMILES string of the molecule is C=CC(=O)N1CCC[C@@H](Nc2n[nH]c3nccc(Oc4ccc(C(=O)Nc5nc(C)cs5)cc4)c23)C1. The molecule has 4 aromatic rings. The van der Waals surface area contributed by atoms with Crippen molar-refractivity contribution in [3.8, 4) is 11.5 Å². The van der Waals surface area contributed by atoms with E-state index in [1.165, 1.54) is 17.4 Å². The van der Waals surface area contributed by atoms with Gasteiger partial charge in [-0.05, 0) is 50.1 Å². The molecular formula is C25H25N7O3S. The van der Waals surface area contributed by atoms with Crippen LogP contribution in [0.3, 0.4) is 0 Å². The zero-order chi connectivity index (χ0) is 25.1. The normalized spacial score (nSPS) is 15.5. The highest BCUT2D eigenvalue weighted by Gasteiger charge is 2.24. The minimum absolute atomic E-state index is 0.0432. The van der Waals surface area contributed by atoms with Crippen LogP contribution in [0.4, 0.5) is 10.9 Å². The van der Waals surface area contributed by atoms with Crippen molar-refractivity contribution in [3.63, 3.8) is 0 Å². The van der Waals surface area contributed by atoms with Crippen molar-refractivity contribution in [1.82, 2.24) is 25.1 Å². The van der Waals surface area contributed by atoms with E-state index in [2.05, 4.69) is 37.4 Å². The highest BCUT2D eigenvalue weighted by Crippen LogP contribution is 2.33. The maximum Gasteiger partial charge on any atom is 0.257 e. The number of pyridine rings is 1. The summed E-state index contributed by atoms with van der Waals surface area (Å²) in [6.45, 7) is 6.75. The molecule has 11 heteroatoms. The van der Waals surface area contributed by atoms with Gasteiger partial charge in [-0.1, -0.05) is 6.58 Å². The summed E-state index contributed by atoms with van der Waals surface area (Å²) >= 11 is 1.38. The van der Waals surface area contributed by atoms with Crippen LogP contribution >= 0.6 is 11.3 Å². The number of thiazole rings is 1. The predicted octanol–water partition coefficient (Wildman–Crippen LogP) is 4.36. The summed E-state index contributed by atoms with van der Waals surface area (Å²) in [5.41, 5.74) is 1.94. The number of nitrogens with one attached hydrogen (secondary N) is 3. The van der Waals surface area contributed by atoms with Crippen molar-refractivity contribution >= 4 is 45.1 Å². The Kier molecular flexibility index (Phi) is 6.63. The monoisotopic (exact) mass is 503 g/mol. The van der Waals surface area contributed by atoms with Gasteiger partial charge in [0, 0.05) is 42.3 Å². The first kappa shape index (κ1) is 23.5. The number of aromatic amines is 1. The van der Waals surface area contributed by atoms with E-state index in [1.54, 1.807) is 41.4 Å². The van der Waals surface area contributed by atoms with Gasteiger partial charge >= 0.3 is 0 Å². The molecule has 1 saturated heterocycles. The molecule has 0 aliphatic carbocycles. The number of ether oxygens (including phenoxy) is 1. The third kappa shape index (κ3) is 5.05. The van der Waals surface area contributed by atoms with E-state index in [1.807, 2.05) is 12.3 Å². The average molecular weight is 504 g/mol. The molecule has 0 spiro atoms. The number of aryl methyl sites for hydroxylation is 1. The van der Waals surface area contributed by atoms with Crippen molar-refractivity contribution < 1.29 is 14.3 Å². The molecule has 0 unspecified atom stereocenters. The minimum Gasteiger partial charge on any atom is -0.456 e. The lowest BCUT2D eigenvalue weighted by molar-refractivity contribution is -0.127. The molecule has 0 saturated carbocycles. The summed E-state index contributed by atoms with van der Waals surface area (Å²) in [5.74, 6) is 1.44. The maximum absolute atomic E-state index is 12.5. The number of fused-ring (bicyclic) bond motifs is 1. The lowest BCUT2D eigenvalue weighted by Crippen LogP contribution is -2.44. The number of nitrogens with zero attached hydrogens (tertiary/aromatic N) is 4. The molecule has 0 radical (unpaired) electrons. The molecule has 36 heavy (non-hydrogen) atoms. The summed E-state index contributed by atoms with van der Waals surface area (Å²) in [6.07, 6.45) is 4.79. The molecule has 1 aliphatic heterocycles. The largest absolute Gasteiger partial charge is 0.456 e. The third-order valence-corrected chi connectivity index (χ3v) is 6.73. The molecule has 1 fully saturated rings. The topological polar surface area (TPSA) is 125 Å². The number of carbonyl (C=O) groups excluding carboxylic acids is 2. The van der Waals surface area contributed by atoms with Crippen LogP contribution in [0.25, 0.3) is 11.0 Å². The summed E-state index contributed by atoms with van der Waals surface area (Å²) in [5, 5.41) is 16.7. The molecule has 3 aromatic heterocycles. The smallest absolute Gasteiger partial charge is 0.257 e. The van der Waals surface area contributed by atoms with E-state index in [4.69, 9.17) is 4.74 Å². The number of hydrogen-bond donors (Lipinski definition) is 3. The number of aromatic nitrogens is 4. The minimum atomic E-state index is -0.236. The van der Waals surface area contributed by atoms with E-state index in [0.29, 0.717) is 45.6 Å². The Labute approximate surface area is 211 Å². The van der Waals surface area contributed by atoms with Gasteiger partial charge in [-0.15, -0.1) is 11.3 Å². The number of H-pyrrole nitrogens is 1. The van der Waals surface area contributed by atoms with Crippen molar-refractivity contribution in [1.29, 1.82) is 0 Å². The molecule has 3 N–H and O–H groups in total. The summed E-state index contributed by atoms with van der Waals surface area (Å²) in [4.78, 5) is 35.0. The third-order valence-electron chi connectivity index (χ3n) is 5.86. The van der Waals surface area contributed by atoms with Crippen LogP contribution in [0.5, 0.6) is 11.5 Å². The van der Waals surface area contributed by atoms with Crippen LogP contribution in [-0.4, -0.2) is 56.0 Å². The molecule has 1 aliphatic rings. The van der Waals surface area contributed by atoms with Crippen molar-refractivity contribution in [2.24, 2.45) is 0 Å². The highest BCUT2D eigenvalue weighted by molar-refractivity contribution is 7.13. The van der Waals surface area contributed by atoms with Gasteiger partial charge < -0.3 is 15.0 Å². The Balaban J connectivity index is 1.31. The van der Waals surface area contributed by atoms with Gasteiger partial charge in [-0.25, -0.2) is 9.97 Å². The molecule has 4 heterocycles. The van der Waals surface area contributed by atoms with E-state index in [-0.39, 0.29) is 17.9 Å². The molecular weight excluding hydrogens is 478 g/mol. The molecule has 10 nitrogen and oxygen atoms in total. The number of hydrogen-bond acceptors (Lipinski definition) is 8. The first-order chi connectivity index (χ1) is 17.5. The van der Waals surface area contributed by atoms with Crippen LogP contribution in [0.15, 0.2) is 54.6 Å². The lowest BCUT2D eigenvalue weighted by atomic mass is 10.1. The van der Waals surface area contributed by atoms with Gasteiger partial charge in [0.1, 0.15) is 16.9 Å². The Morgan fingerprint density at radius 2 is 2.11 bits per heavy atom. The van der Waals surface area contributed by atoms with Crippen molar-refractivity contribution in [3.05, 3.63) is 65.8 Å². The average Bonchev–Trinajstić information content (AvgIpc) is 3.50. The Bertz CT molecular complexity index is 1410. The zero-order valence-electron chi connectivity index (χ0n) is 19.7. The summed E-state index contributed by atoms with van der Waals surface area (Å²) in [6, 6.07) is 8.68. The van der Waals surface area contributed by atoms with Crippen LogP contribution in [-0.2, 0) is 4.79 Å². The van der Waals surface area contributed by atoms with Gasteiger partial charge in [0.2, 0.25) is 5.91 Å². The fourth-order valence-electron chi connectivity index (χ4n) is 4.11. The van der Waals surface area contributed by atoms with Crippen LogP contribution in [0.2, 0.25) is 0 Å².